The molecule has 8 rings (SSSR count). The molecule has 1 aromatic carbocycles. The maximum atomic E-state index is 17.0. The van der Waals surface area contributed by atoms with Gasteiger partial charge in [0, 0.05) is 25.2 Å². The second-order valence-electron chi connectivity index (χ2n) is 13.4. The Morgan fingerprint density at radius 1 is 1.15 bits per heavy atom. The van der Waals surface area contributed by atoms with E-state index in [1.807, 2.05) is 6.92 Å². The molecule has 6 atom stereocenters. The number of alkyl halides is 3. The average Bonchev–Trinajstić information content (AvgIpc) is 3.56. The van der Waals surface area contributed by atoms with Crippen molar-refractivity contribution >= 4 is 34.1 Å². The highest BCUT2D eigenvalue weighted by atomic mass is 35.5. The fourth-order valence-corrected chi connectivity index (χ4v) is 9.04. The fraction of sp³-hybridized carbons (Fsp3) is 0.594. The van der Waals surface area contributed by atoms with Gasteiger partial charge in [0.05, 0.1) is 46.5 Å². The molecule has 3 saturated heterocycles. The van der Waals surface area contributed by atoms with Gasteiger partial charge in [-0.15, -0.1) is 0 Å². The summed E-state index contributed by atoms with van der Waals surface area (Å²) in [6.45, 7) is 6.27. The molecular weight excluding hydrogens is 628 g/mol. The Bertz CT molecular complexity index is 1730. The van der Waals surface area contributed by atoms with E-state index in [4.69, 9.17) is 36.5 Å². The fourth-order valence-electron chi connectivity index (χ4n) is 8.72. The van der Waals surface area contributed by atoms with Gasteiger partial charge in [-0.25, -0.2) is 9.37 Å². The zero-order valence-electron chi connectivity index (χ0n) is 25.5. The summed E-state index contributed by atoms with van der Waals surface area (Å²) >= 11 is 6.89. The third-order valence-electron chi connectivity index (χ3n) is 10.6. The number of aromatic nitrogens is 3. The number of piperidine rings is 1. The molecule has 5 aliphatic rings. The first-order chi connectivity index (χ1) is 22.0. The lowest BCUT2D eigenvalue weighted by molar-refractivity contribution is -0.137. The number of ether oxygens (including phenoxy) is 3. The standard InChI is InChI=1S/C32H35ClF4N6O3/c1-14-9-20(38)39-26(23(14)32(35,36)37)21-24(33)29-22-27(25(21)34)40-31(45-13-19-6-5-18-12-44-8-7-42(18)19)41-30(22)43-11-16-3-4-17(10-16)28(43)15(2)46-29/h9,15-19,28H,3-8,10-13H2,1-2H3,(H2,38,39)/t15-,16-,17+,18-,19-,28+/m0/s1. The van der Waals surface area contributed by atoms with Gasteiger partial charge in [0.1, 0.15) is 29.9 Å². The van der Waals surface area contributed by atoms with E-state index in [0.29, 0.717) is 43.5 Å². The predicted molar refractivity (Wildman–Crippen MR) is 164 cm³/mol. The van der Waals surface area contributed by atoms with Crippen molar-refractivity contribution < 1.29 is 31.8 Å². The molecule has 246 valence electrons. The molecule has 1 aliphatic carbocycles. The van der Waals surface area contributed by atoms with Crippen molar-refractivity contribution in [1.82, 2.24) is 19.9 Å². The Balaban J connectivity index is 1.32. The minimum atomic E-state index is -4.86. The summed E-state index contributed by atoms with van der Waals surface area (Å²) in [4.78, 5) is 17.9. The van der Waals surface area contributed by atoms with Crippen molar-refractivity contribution in [1.29, 1.82) is 0 Å². The number of nitrogens with two attached hydrogens (primary N) is 1. The second kappa shape index (κ2) is 10.9. The first-order valence-corrected chi connectivity index (χ1v) is 16.3. The van der Waals surface area contributed by atoms with Gasteiger partial charge in [-0.3, -0.25) is 4.90 Å². The number of rotatable bonds is 4. The van der Waals surface area contributed by atoms with Crippen LogP contribution in [-0.4, -0.2) is 77.0 Å². The van der Waals surface area contributed by atoms with Crippen LogP contribution in [0.1, 0.15) is 50.2 Å². The van der Waals surface area contributed by atoms with Gasteiger partial charge in [-0.05, 0) is 69.4 Å². The van der Waals surface area contributed by atoms with E-state index in [-0.39, 0.29) is 57.8 Å². The average molecular weight is 663 g/mol. The summed E-state index contributed by atoms with van der Waals surface area (Å²) in [5, 5.41) is -0.106. The molecule has 0 amide bonds. The number of morpholine rings is 1. The van der Waals surface area contributed by atoms with Gasteiger partial charge >= 0.3 is 12.2 Å². The quantitative estimate of drug-likeness (QED) is 0.336. The van der Waals surface area contributed by atoms with Gasteiger partial charge in [0.2, 0.25) is 0 Å². The summed E-state index contributed by atoms with van der Waals surface area (Å²) in [6, 6.07) is 1.41. The van der Waals surface area contributed by atoms with Crippen molar-refractivity contribution in [2.75, 3.05) is 43.5 Å². The first kappa shape index (κ1) is 30.2. The highest BCUT2D eigenvalue weighted by Gasteiger charge is 2.48. The zero-order valence-corrected chi connectivity index (χ0v) is 26.3. The van der Waals surface area contributed by atoms with Crippen LogP contribution < -0.4 is 20.1 Å². The summed E-state index contributed by atoms with van der Waals surface area (Å²) in [7, 11) is 0. The molecule has 1 saturated carbocycles. The Kier molecular flexibility index (Phi) is 7.19. The van der Waals surface area contributed by atoms with E-state index < -0.39 is 34.9 Å². The van der Waals surface area contributed by atoms with Crippen LogP contribution in [0.25, 0.3) is 22.2 Å². The Labute approximate surface area is 268 Å². The third-order valence-corrected chi connectivity index (χ3v) is 11.0. The van der Waals surface area contributed by atoms with Crippen molar-refractivity contribution in [2.24, 2.45) is 11.8 Å². The molecular formula is C32H35ClF4N6O3. The highest BCUT2D eigenvalue weighted by Crippen LogP contribution is 2.53. The first-order valence-electron chi connectivity index (χ1n) is 16.0. The summed E-state index contributed by atoms with van der Waals surface area (Å²) in [5.74, 6) is -0.0493. The minimum absolute atomic E-state index is 0.0364. The van der Waals surface area contributed by atoms with Gasteiger partial charge in [0.25, 0.3) is 0 Å². The molecule has 46 heavy (non-hydrogen) atoms. The number of anilines is 2. The predicted octanol–water partition coefficient (Wildman–Crippen LogP) is 6.02. The number of pyridine rings is 1. The van der Waals surface area contributed by atoms with Crippen LogP contribution in [0.15, 0.2) is 6.07 Å². The molecule has 0 radical (unpaired) electrons. The maximum absolute atomic E-state index is 17.0. The van der Waals surface area contributed by atoms with Crippen LogP contribution in [0.3, 0.4) is 0 Å². The van der Waals surface area contributed by atoms with Crippen LogP contribution in [0.2, 0.25) is 5.02 Å². The number of aryl methyl sites for hydroxylation is 1. The Morgan fingerprint density at radius 2 is 1.98 bits per heavy atom. The van der Waals surface area contributed by atoms with Gasteiger partial charge in [-0.1, -0.05) is 11.6 Å². The smallest absolute Gasteiger partial charge is 0.418 e. The van der Waals surface area contributed by atoms with Crippen LogP contribution in [0, 0.1) is 24.6 Å². The molecule has 0 spiro atoms. The van der Waals surface area contributed by atoms with Gasteiger partial charge in [-0.2, -0.15) is 23.1 Å². The second-order valence-corrected chi connectivity index (χ2v) is 13.8. The van der Waals surface area contributed by atoms with Gasteiger partial charge < -0.3 is 24.8 Å². The van der Waals surface area contributed by atoms with E-state index in [1.165, 1.54) is 6.92 Å². The number of fused-ring (bicyclic) bond motifs is 6. The van der Waals surface area contributed by atoms with E-state index >= 15 is 4.39 Å². The molecule has 3 aromatic rings. The molecule has 4 aliphatic heterocycles. The zero-order chi connectivity index (χ0) is 32.1. The molecule has 9 nitrogen and oxygen atoms in total. The number of nitrogens with zero attached hydrogens (tertiary/aromatic N) is 5. The van der Waals surface area contributed by atoms with Crippen LogP contribution in [-0.2, 0) is 10.9 Å². The number of benzene rings is 1. The SMILES string of the molecule is Cc1cc(N)nc(-c2c(Cl)c3c4c(nc(OC[C@@H]5CC[C@H]6COCCN65)nc4c2F)N2C[C@H]4CC[C@H](C4)[C@H]2[C@H](C)O3)c1C(F)(F)F. The van der Waals surface area contributed by atoms with Crippen LogP contribution in [0.5, 0.6) is 11.8 Å². The maximum Gasteiger partial charge on any atom is 0.418 e. The number of halogens is 5. The van der Waals surface area contributed by atoms with Crippen molar-refractivity contribution in [3.63, 3.8) is 0 Å². The molecule has 2 bridgehead atoms. The Morgan fingerprint density at radius 3 is 2.78 bits per heavy atom. The largest absolute Gasteiger partial charge is 0.486 e. The van der Waals surface area contributed by atoms with Crippen LogP contribution in [0.4, 0.5) is 29.2 Å². The molecule has 14 heteroatoms. The molecule has 4 fully saturated rings. The lowest BCUT2D eigenvalue weighted by atomic mass is 9.87. The van der Waals surface area contributed by atoms with Crippen LogP contribution >= 0.6 is 11.6 Å². The molecule has 0 unspecified atom stereocenters. The van der Waals surface area contributed by atoms with E-state index in [9.17, 15) is 13.2 Å². The van der Waals surface area contributed by atoms with Gasteiger partial charge in [0.15, 0.2) is 11.6 Å². The lowest BCUT2D eigenvalue weighted by Crippen LogP contribution is -2.52. The normalized spacial score (nSPS) is 29.0. The Hall–Kier alpha value is -3.16. The minimum Gasteiger partial charge on any atom is -0.486 e. The lowest BCUT2D eigenvalue weighted by Gasteiger charge is -2.42. The van der Waals surface area contributed by atoms with Crippen molar-refractivity contribution in [2.45, 2.75) is 76.4 Å². The summed E-state index contributed by atoms with van der Waals surface area (Å²) in [6.07, 6.45) is -0.251. The molecule has 2 aromatic heterocycles. The van der Waals surface area contributed by atoms with E-state index in [0.717, 1.165) is 44.7 Å². The van der Waals surface area contributed by atoms with Crippen molar-refractivity contribution in [3.05, 3.63) is 28.0 Å². The highest BCUT2D eigenvalue weighted by molar-refractivity contribution is 6.36. The number of hydrogen-bond donors (Lipinski definition) is 1. The molecule has 2 N–H and O–H groups in total. The number of hydrogen-bond acceptors (Lipinski definition) is 9. The monoisotopic (exact) mass is 662 g/mol. The molecule has 6 heterocycles. The van der Waals surface area contributed by atoms with E-state index in [2.05, 4.69) is 19.8 Å². The summed E-state index contributed by atoms with van der Waals surface area (Å²) < 4.78 is 78.7. The van der Waals surface area contributed by atoms with E-state index in [1.54, 1.807) is 0 Å². The summed E-state index contributed by atoms with van der Waals surface area (Å²) in [5.41, 5.74) is 3.08. The topological polar surface area (TPSA) is 98.9 Å². The third kappa shape index (κ3) is 4.75. The van der Waals surface area contributed by atoms with Crippen molar-refractivity contribution in [3.8, 4) is 23.0 Å². The number of nitrogen functional groups attached to an aromatic ring is 1.